The molecule has 1 heterocycles. The molecule has 2 atom stereocenters. The zero-order valence-corrected chi connectivity index (χ0v) is 19.3. The molecule has 1 N–H and O–H groups in total. The van der Waals surface area contributed by atoms with Crippen LogP contribution in [0.1, 0.15) is 23.5 Å². The first kappa shape index (κ1) is 23.7. The third kappa shape index (κ3) is 5.54. The van der Waals surface area contributed by atoms with E-state index in [0.29, 0.717) is 48.8 Å². The molecule has 178 valence electrons. The van der Waals surface area contributed by atoms with E-state index in [2.05, 4.69) is 10.2 Å². The second-order valence-corrected chi connectivity index (χ2v) is 8.53. The fourth-order valence-corrected chi connectivity index (χ4v) is 4.50. The van der Waals surface area contributed by atoms with Crippen molar-refractivity contribution in [1.82, 2.24) is 4.90 Å². The van der Waals surface area contributed by atoms with Crippen molar-refractivity contribution in [2.75, 3.05) is 32.6 Å². The van der Waals surface area contributed by atoms with Crippen LogP contribution in [-0.4, -0.2) is 38.1 Å². The van der Waals surface area contributed by atoms with Gasteiger partial charge in [0.1, 0.15) is 23.1 Å². The van der Waals surface area contributed by atoms with Gasteiger partial charge in [0.05, 0.1) is 25.8 Å². The van der Waals surface area contributed by atoms with Gasteiger partial charge in [0.2, 0.25) is 5.91 Å². The van der Waals surface area contributed by atoms with Crippen LogP contribution in [0.5, 0.6) is 11.5 Å². The molecule has 5 nitrogen and oxygen atoms in total. The summed E-state index contributed by atoms with van der Waals surface area (Å²) in [6.45, 7) is 1.44. The highest BCUT2D eigenvalue weighted by Gasteiger charge is 2.33. The van der Waals surface area contributed by atoms with E-state index in [1.165, 1.54) is 19.2 Å². The molecule has 3 aromatic rings. The van der Waals surface area contributed by atoms with E-state index in [-0.39, 0.29) is 17.7 Å². The van der Waals surface area contributed by atoms with Crippen LogP contribution in [0.4, 0.5) is 14.5 Å². The molecule has 7 heteroatoms. The second-order valence-electron chi connectivity index (χ2n) is 8.53. The number of amides is 1. The number of hydrogen-bond donors (Lipinski definition) is 1. The smallest absolute Gasteiger partial charge is 0.228 e. The Kier molecular flexibility index (Phi) is 7.43. The molecule has 1 aliphatic heterocycles. The summed E-state index contributed by atoms with van der Waals surface area (Å²) >= 11 is 0. The van der Waals surface area contributed by atoms with Gasteiger partial charge in [-0.2, -0.15) is 0 Å². The lowest BCUT2D eigenvalue weighted by Crippen LogP contribution is -2.43. The van der Waals surface area contributed by atoms with Gasteiger partial charge in [0, 0.05) is 37.3 Å². The monoisotopic (exact) mass is 466 g/mol. The summed E-state index contributed by atoms with van der Waals surface area (Å²) in [6, 6.07) is 18.9. The number of nitrogens with zero attached hydrogens (tertiary/aromatic N) is 1. The summed E-state index contributed by atoms with van der Waals surface area (Å²) in [7, 11) is 3.10. The Balaban J connectivity index is 1.55. The average Bonchev–Trinajstić information content (AvgIpc) is 2.86. The number of anilines is 1. The zero-order valence-electron chi connectivity index (χ0n) is 19.3. The third-order valence-electron chi connectivity index (χ3n) is 6.24. The van der Waals surface area contributed by atoms with E-state index in [9.17, 15) is 13.6 Å². The van der Waals surface area contributed by atoms with Crippen LogP contribution in [0.3, 0.4) is 0 Å². The Morgan fingerprint density at radius 1 is 1.00 bits per heavy atom. The predicted molar refractivity (Wildman–Crippen MR) is 127 cm³/mol. The van der Waals surface area contributed by atoms with Crippen molar-refractivity contribution >= 4 is 11.6 Å². The highest BCUT2D eigenvalue weighted by molar-refractivity contribution is 5.94. The number of carbonyl (C=O) groups excluding carboxylic acids is 1. The predicted octanol–water partition coefficient (Wildman–Crippen LogP) is 5.23. The SMILES string of the molecule is COc1ccc(NC(=O)[C@H]2C[C@H](c3ccccc3)CN(Cc3ccc(F)cc3F)C2)c(OC)c1. The maximum absolute atomic E-state index is 14.3. The summed E-state index contributed by atoms with van der Waals surface area (Å²) < 4.78 is 38.4. The van der Waals surface area contributed by atoms with Crippen molar-refractivity contribution in [2.24, 2.45) is 5.92 Å². The Hall–Kier alpha value is -3.45. The van der Waals surface area contributed by atoms with E-state index < -0.39 is 11.6 Å². The third-order valence-corrected chi connectivity index (χ3v) is 6.24. The number of carbonyl (C=O) groups is 1. The molecule has 0 aliphatic carbocycles. The van der Waals surface area contributed by atoms with Gasteiger partial charge >= 0.3 is 0 Å². The minimum absolute atomic E-state index is 0.104. The number of rotatable bonds is 7. The van der Waals surface area contributed by atoms with Gasteiger partial charge < -0.3 is 14.8 Å². The van der Waals surface area contributed by atoms with Crippen LogP contribution in [0, 0.1) is 17.6 Å². The molecule has 1 amide bonds. The summed E-state index contributed by atoms with van der Waals surface area (Å²) in [4.78, 5) is 15.4. The molecular formula is C27H28F2N2O3. The number of halogens is 2. The van der Waals surface area contributed by atoms with E-state index in [1.807, 2.05) is 30.3 Å². The summed E-state index contributed by atoms with van der Waals surface area (Å²) in [6.07, 6.45) is 0.663. The number of methoxy groups -OCH3 is 2. The first-order valence-electron chi connectivity index (χ1n) is 11.2. The van der Waals surface area contributed by atoms with Gasteiger partial charge in [-0.3, -0.25) is 9.69 Å². The minimum Gasteiger partial charge on any atom is -0.497 e. The zero-order chi connectivity index (χ0) is 24.1. The van der Waals surface area contributed by atoms with Crippen LogP contribution >= 0.6 is 0 Å². The Labute approximate surface area is 198 Å². The van der Waals surface area contributed by atoms with Gasteiger partial charge in [-0.25, -0.2) is 8.78 Å². The molecule has 0 bridgehead atoms. The van der Waals surface area contributed by atoms with Crippen molar-refractivity contribution in [1.29, 1.82) is 0 Å². The fraction of sp³-hybridized carbons (Fsp3) is 0.296. The molecule has 34 heavy (non-hydrogen) atoms. The van der Waals surface area contributed by atoms with Crippen LogP contribution < -0.4 is 14.8 Å². The molecule has 0 saturated carbocycles. The van der Waals surface area contributed by atoms with Gasteiger partial charge in [-0.05, 0) is 36.1 Å². The summed E-state index contributed by atoms with van der Waals surface area (Å²) in [5.41, 5.74) is 2.10. The maximum Gasteiger partial charge on any atom is 0.228 e. The number of hydrogen-bond acceptors (Lipinski definition) is 4. The van der Waals surface area contributed by atoms with Crippen molar-refractivity contribution in [3.63, 3.8) is 0 Å². The minimum atomic E-state index is -0.604. The lowest BCUT2D eigenvalue weighted by atomic mass is 9.83. The van der Waals surface area contributed by atoms with E-state index >= 15 is 0 Å². The van der Waals surface area contributed by atoms with Crippen molar-refractivity contribution < 1.29 is 23.0 Å². The van der Waals surface area contributed by atoms with Crippen LogP contribution in [0.25, 0.3) is 0 Å². The molecule has 1 saturated heterocycles. The van der Waals surface area contributed by atoms with E-state index in [0.717, 1.165) is 11.6 Å². The van der Waals surface area contributed by atoms with E-state index in [4.69, 9.17) is 9.47 Å². The van der Waals surface area contributed by atoms with Gasteiger partial charge in [-0.15, -0.1) is 0 Å². The summed E-state index contributed by atoms with van der Waals surface area (Å²) in [5.74, 6) is -0.397. The first-order valence-corrected chi connectivity index (χ1v) is 11.2. The van der Waals surface area contributed by atoms with E-state index in [1.54, 1.807) is 25.3 Å². The highest BCUT2D eigenvalue weighted by atomic mass is 19.1. The van der Waals surface area contributed by atoms with Crippen LogP contribution in [-0.2, 0) is 11.3 Å². The van der Waals surface area contributed by atoms with Crippen molar-refractivity contribution in [3.8, 4) is 11.5 Å². The fourth-order valence-electron chi connectivity index (χ4n) is 4.50. The Morgan fingerprint density at radius 2 is 1.79 bits per heavy atom. The largest absolute Gasteiger partial charge is 0.497 e. The van der Waals surface area contributed by atoms with Gasteiger partial charge in [0.15, 0.2) is 0 Å². The Bertz CT molecular complexity index is 1140. The maximum atomic E-state index is 14.3. The molecule has 4 rings (SSSR count). The van der Waals surface area contributed by atoms with Gasteiger partial charge in [-0.1, -0.05) is 36.4 Å². The lowest BCUT2D eigenvalue weighted by molar-refractivity contribution is -0.121. The molecule has 1 fully saturated rings. The Morgan fingerprint density at radius 3 is 2.50 bits per heavy atom. The number of ether oxygens (including phenoxy) is 2. The number of likely N-dealkylation sites (tertiary alicyclic amines) is 1. The molecule has 1 aliphatic rings. The standard InChI is InChI=1S/C27H28F2N2O3/c1-33-23-10-11-25(26(14-23)34-2)30-27(32)21-12-20(18-6-4-3-5-7-18)16-31(17-21)15-19-8-9-22(28)13-24(19)29/h3-11,13-14,20-21H,12,15-17H2,1-2H3,(H,30,32)/t20-,21-/m0/s1. The average molecular weight is 467 g/mol. The van der Waals surface area contributed by atoms with Crippen LogP contribution in [0.2, 0.25) is 0 Å². The molecular weight excluding hydrogens is 438 g/mol. The topological polar surface area (TPSA) is 50.8 Å². The number of benzene rings is 3. The molecule has 0 unspecified atom stereocenters. The number of piperidine rings is 1. The molecule has 0 radical (unpaired) electrons. The van der Waals surface area contributed by atoms with Crippen molar-refractivity contribution in [2.45, 2.75) is 18.9 Å². The normalized spacial score (nSPS) is 18.4. The molecule has 3 aromatic carbocycles. The molecule has 0 spiro atoms. The number of nitrogens with one attached hydrogen (secondary N) is 1. The van der Waals surface area contributed by atoms with Crippen molar-refractivity contribution in [3.05, 3.63) is 89.5 Å². The van der Waals surface area contributed by atoms with Gasteiger partial charge in [0.25, 0.3) is 0 Å². The molecule has 0 aromatic heterocycles. The lowest BCUT2D eigenvalue weighted by Gasteiger charge is -2.37. The first-order chi connectivity index (χ1) is 16.5. The second kappa shape index (κ2) is 10.7. The van der Waals surface area contributed by atoms with Crippen LogP contribution in [0.15, 0.2) is 66.7 Å². The summed E-state index contributed by atoms with van der Waals surface area (Å²) in [5, 5.41) is 2.99. The highest BCUT2D eigenvalue weighted by Crippen LogP contribution is 2.34. The quantitative estimate of drug-likeness (QED) is 0.518.